The van der Waals surface area contributed by atoms with Crippen LogP contribution in [0.1, 0.15) is 19.3 Å². The number of thiocarbonyl (C=S) groups is 1. The Balaban J connectivity index is 2.04. The summed E-state index contributed by atoms with van der Waals surface area (Å²) in [4.78, 5) is 3.30. The minimum absolute atomic E-state index is 0.538. The summed E-state index contributed by atoms with van der Waals surface area (Å²) < 4.78 is 0. The van der Waals surface area contributed by atoms with E-state index in [9.17, 15) is 0 Å². The molecule has 3 unspecified atom stereocenters. The molecule has 2 nitrogen and oxygen atoms in total. The second-order valence-corrected chi connectivity index (χ2v) is 4.47. The quantitative estimate of drug-likeness (QED) is 0.617. The number of piperidine rings is 2. The lowest BCUT2D eigenvalue weighted by Crippen LogP contribution is -2.47. The van der Waals surface area contributed by atoms with Gasteiger partial charge in [-0.15, -0.1) is 0 Å². The Morgan fingerprint density at radius 1 is 1.33 bits per heavy atom. The van der Waals surface area contributed by atoms with E-state index in [4.69, 9.17) is 18.0 Å². The van der Waals surface area contributed by atoms with Gasteiger partial charge in [-0.3, -0.25) is 0 Å². The molecular weight excluding hydrogens is 168 g/mol. The molecule has 3 heteroatoms. The first kappa shape index (κ1) is 8.45. The van der Waals surface area contributed by atoms with Crippen LogP contribution in [0.15, 0.2) is 0 Å². The summed E-state index contributed by atoms with van der Waals surface area (Å²) in [6.45, 7) is 3.74. The van der Waals surface area contributed by atoms with Gasteiger partial charge in [-0.05, 0) is 38.3 Å². The average molecular weight is 184 g/mol. The first-order valence-corrected chi connectivity index (χ1v) is 5.20. The Kier molecular flexibility index (Phi) is 2.33. The van der Waals surface area contributed by atoms with Gasteiger partial charge in [0.25, 0.3) is 0 Å². The Labute approximate surface area is 79.1 Å². The highest BCUT2D eigenvalue weighted by Crippen LogP contribution is 2.31. The Morgan fingerprint density at radius 3 is 2.92 bits per heavy atom. The zero-order chi connectivity index (χ0) is 8.55. The summed E-state index contributed by atoms with van der Waals surface area (Å²) in [6, 6.07) is 0. The van der Waals surface area contributed by atoms with Crippen LogP contribution in [0, 0.1) is 11.8 Å². The third kappa shape index (κ3) is 1.48. The van der Waals surface area contributed by atoms with E-state index in [1.165, 1.54) is 38.9 Å². The zero-order valence-electron chi connectivity index (χ0n) is 7.33. The van der Waals surface area contributed by atoms with Gasteiger partial charge in [0.15, 0.2) is 0 Å². The molecule has 0 aromatic rings. The highest BCUT2D eigenvalue weighted by molar-refractivity contribution is 7.80. The first-order valence-electron chi connectivity index (χ1n) is 4.79. The summed E-state index contributed by atoms with van der Waals surface area (Å²) in [6.07, 6.45) is 3.86. The van der Waals surface area contributed by atoms with Gasteiger partial charge < -0.3 is 10.6 Å². The van der Waals surface area contributed by atoms with Gasteiger partial charge in [0.05, 0.1) is 4.99 Å². The number of fused-ring (bicyclic) bond motifs is 2. The van der Waals surface area contributed by atoms with Gasteiger partial charge in [-0.25, -0.2) is 0 Å². The summed E-state index contributed by atoms with van der Waals surface area (Å²) in [5, 5.41) is 0. The molecule has 2 N–H and O–H groups in total. The van der Waals surface area contributed by atoms with Crippen molar-refractivity contribution in [2.24, 2.45) is 17.6 Å². The van der Waals surface area contributed by atoms with Crippen LogP contribution in [0.4, 0.5) is 0 Å². The fraction of sp³-hybridized carbons (Fsp3) is 0.889. The second kappa shape index (κ2) is 3.30. The van der Waals surface area contributed by atoms with Crippen LogP contribution in [0.5, 0.6) is 0 Å². The largest absolute Gasteiger partial charge is 0.393 e. The van der Waals surface area contributed by atoms with Crippen molar-refractivity contribution in [1.29, 1.82) is 0 Å². The van der Waals surface area contributed by atoms with E-state index in [2.05, 4.69) is 4.90 Å². The lowest BCUT2D eigenvalue weighted by Gasteiger charge is -2.42. The molecule has 2 aliphatic heterocycles. The van der Waals surface area contributed by atoms with Crippen LogP contribution in [-0.4, -0.2) is 29.5 Å². The van der Waals surface area contributed by atoms with E-state index in [0.717, 1.165) is 10.9 Å². The normalized spacial score (nSPS) is 40.8. The van der Waals surface area contributed by atoms with Gasteiger partial charge in [0, 0.05) is 12.5 Å². The molecule has 2 heterocycles. The molecule has 0 aliphatic carbocycles. The van der Waals surface area contributed by atoms with Gasteiger partial charge in [0.2, 0.25) is 0 Å². The second-order valence-electron chi connectivity index (χ2n) is 4.00. The SMILES string of the molecule is NC(=S)C1CCN2CCCC1C2. The monoisotopic (exact) mass is 184 g/mol. The molecule has 3 atom stereocenters. The molecule has 68 valence electrons. The van der Waals surface area contributed by atoms with Crippen molar-refractivity contribution >= 4 is 17.2 Å². The Hall–Kier alpha value is -0.150. The van der Waals surface area contributed by atoms with Crippen molar-refractivity contribution in [2.45, 2.75) is 19.3 Å². The highest BCUT2D eigenvalue weighted by atomic mass is 32.1. The summed E-state index contributed by atoms with van der Waals surface area (Å²) in [7, 11) is 0. The van der Waals surface area contributed by atoms with Crippen molar-refractivity contribution < 1.29 is 0 Å². The van der Waals surface area contributed by atoms with E-state index in [-0.39, 0.29) is 0 Å². The van der Waals surface area contributed by atoms with Gasteiger partial charge in [-0.1, -0.05) is 12.2 Å². The van der Waals surface area contributed by atoms with Crippen molar-refractivity contribution in [1.82, 2.24) is 4.90 Å². The molecule has 0 aromatic carbocycles. The molecule has 2 aliphatic rings. The summed E-state index contributed by atoms with van der Waals surface area (Å²) in [5.74, 6) is 1.31. The topological polar surface area (TPSA) is 29.3 Å². The van der Waals surface area contributed by atoms with Gasteiger partial charge >= 0.3 is 0 Å². The van der Waals surface area contributed by atoms with Crippen molar-refractivity contribution in [3.05, 3.63) is 0 Å². The third-order valence-electron chi connectivity index (χ3n) is 3.23. The standard InChI is InChI=1S/C9H16N2S/c10-9(12)8-3-5-11-4-1-2-7(8)6-11/h7-8H,1-6H2,(H2,10,12). The van der Waals surface area contributed by atoms with E-state index in [1.807, 2.05) is 0 Å². The van der Waals surface area contributed by atoms with E-state index in [1.54, 1.807) is 0 Å². The smallest absolute Gasteiger partial charge is 0.0762 e. The highest BCUT2D eigenvalue weighted by Gasteiger charge is 2.33. The lowest BCUT2D eigenvalue weighted by atomic mass is 9.80. The summed E-state index contributed by atoms with van der Waals surface area (Å²) >= 11 is 5.08. The molecule has 0 radical (unpaired) electrons. The van der Waals surface area contributed by atoms with E-state index >= 15 is 0 Å². The number of nitrogens with two attached hydrogens (primary N) is 1. The van der Waals surface area contributed by atoms with Crippen LogP contribution >= 0.6 is 12.2 Å². The van der Waals surface area contributed by atoms with Crippen molar-refractivity contribution in [3.8, 4) is 0 Å². The molecule has 0 aromatic heterocycles. The molecule has 12 heavy (non-hydrogen) atoms. The predicted octanol–water partition coefficient (Wildman–Crippen LogP) is 1.00. The van der Waals surface area contributed by atoms with Crippen molar-refractivity contribution in [2.75, 3.05) is 19.6 Å². The molecule has 0 saturated carbocycles. The average Bonchev–Trinajstić information content (AvgIpc) is 2.04. The van der Waals surface area contributed by atoms with Crippen LogP contribution in [0.3, 0.4) is 0 Å². The molecular formula is C9H16N2S. The number of hydrogen-bond acceptors (Lipinski definition) is 2. The van der Waals surface area contributed by atoms with Crippen LogP contribution in [-0.2, 0) is 0 Å². The van der Waals surface area contributed by atoms with E-state index < -0.39 is 0 Å². The molecule has 2 saturated heterocycles. The minimum Gasteiger partial charge on any atom is -0.393 e. The van der Waals surface area contributed by atoms with Gasteiger partial charge in [0.1, 0.15) is 0 Å². The van der Waals surface area contributed by atoms with E-state index in [0.29, 0.717) is 5.92 Å². The maximum Gasteiger partial charge on any atom is 0.0762 e. The van der Waals surface area contributed by atoms with Crippen LogP contribution in [0.25, 0.3) is 0 Å². The lowest BCUT2D eigenvalue weighted by molar-refractivity contribution is 0.101. The number of hydrogen-bond donors (Lipinski definition) is 1. The molecule has 2 fully saturated rings. The van der Waals surface area contributed by atoms with Crippen LogP contribution < -0.4 is 5.73 Å². The fourth-order valence-electron chi connectivity index (χ4n) is 2.55. The Bertz CT molecular complexity index is 193. The summed E-state index contributed by atoms with van der Waals surface area (Å²) in [5.41, 5.74) is 5.72. The minimum atomic E-state index is 0.538. The zero-order valence-corrected chi connectivity index (χ0v) is 8.15. The number of rotatable bonds is 1. The molecule has 2 rings (SSSR count). The Morgan fingerprint density at radius 2 is 2.17 bits per heavy atom. The fourth-order valence-corrected chi connectivity index (χ4v) is 2.87. The third-order valence-corrected chi connectivity index (χ3v) is 3.54. The number of nitrogens with zero attached hydrogens (tertiary/aromatic N) is 1. The molecule has 2 bridgehead atoms. The maximum absolute atomic E-state index is 5.72. The molecule has 0 spiro atoms. The van der Waals surface area contributed by atoms with Crippen molar-refractivity contribution in [3.63, 3.8) is 0 Å². The predicted molar refractivity (Wildman–Crippen MR) is 54.1 cm³/mol. The maximum atomic E-state index is 5.72. The van der Waals surface area contributed by atoms with Gasteiger partial charge in [-0.2, -0.15) is 0 Å². The first-order chi connectivity index (χ1) is 5.77. The van der Waals surface area contributed by atoms with Crippen LogP contribution in [0.2, 0.25) is 0 Å². The molecule has 0 amide bonds.